The van der Waals surface area contributed by atoms with E-state index in [1.807, 2.05) is 36.7 Å². The van der Waals surface area contributed by atoms with Gasteiger partial charge in [-0.15, -0.1) is 11.3 Å². The average Bonchev–Trinajstić information content (AvgIpc) is 3.04. The number of nitrogens with two attached hydrogens (primary N) is 1. The summed E-state index contributed by atoms with van der Waals surface area (Å²) in [6.07, 6.45) is 0. The highest BCUT2D eigenvalue weighted by Crippen LogP contribution is 2.25. The summed E-state index contributed by atoms with van der Waals surface area (Å²) in [5.74, 6) is -0.00753. The first-order chi connectivity index (χ1) is 9.63. The van der Waals surface area contributed by atoms with Crippen molar-refractivity contribution < 1.29 is 4.79 Å². The van der Waals surface area contributed by atoms with Crippen molar-refractivity contribution in [2.75, 3.05) is 12.8 Å². The van der Waals surface area contributed by atoms with Crippen molar-refractivity contribution >= 4 is 43.9 Å². The molecule has 0 fully saturated rings. The molecule has 0 aliphatic heterocycles. The van der Waals surface area contributed by atoms with Crippen LogP contribution in [0.15, 0.2) is 35.7 Å². The van der Waals surface area contributed by atoms with E-state index in [9.17, 15) is 4.79 Å². The maximum Gasteiger partial charge on any atom is 0.254 e. The standard InChI is InChI=1S/C14H13N3OS2/c1-17(8-10-3-2-6-19-10)13(18)9-4-5-12-11(7-9)16-14(15)20-12/h2-7H,8H2,1H3,(H2,15,16). The van der Waals surface area contributed by atoms with Gasteiger partial charge in [0.2, 0.25) is 0 Å². The van der Waals surface area contributed by atoms with Crippen LogP contribution >= 0.6 is 22.7 Å². The molecule has 0 radical (unpaired) electrons. The zero-order valence-electron chi connectivity index (χ0n) is 10.9. The molecule has 20 heavy (non-hydrogen) atoms. The Hall–Kier alpha value is -1.92. The molecular formula is C14H13N3OS2. The largest absolute Gasteiger partial charge is 0.375 e. The van der Waals surface area contributed by atoms with Crippen molar-refractivity contribution in [1.29, 1.82) is 0 Å². The first-order valence-corrected chi connectivity index (χ1v) is 7.77. The highest BCUT2D eigenvalue weighted by Gasteiger charge is 2.14. The first-order valence-electron chi connectivity index (χ1n) is 6.07. The Balaban J connectivity index is 1.83. The van der Waals surface area contributed by atoms with E-state index in [1.165, 1.54) is 16.2 Å². The third-order valence-electron chi connectivity index (χ3n) is 2.97. The topological polar surface area (TPSA) is 59.2 Å². The van der Waals surface area contributed by atoms with E-state index in [0.29, 0.717) is 17.2 Å². The van der Waals surface area contributed by atoms with Crippen molar-refractivity contribution in [3.63, 3.8) is 0 Å². The number of hydrogen-bond donors (Lipinski definition) is 1. The van der Waals surface area contributed by atoms with Gasteiger partial charge in [0.15, 0.2) is 5.13 Å². The van der Waals surface area contributed by atoms with Crippen molar-refractivity contribution in [3.05, 3.63) is 46.2 Å². The summed E-state index contributed by atoms with van der Waals surface area (Å²) in [6, 6.07) is 9.54. The van der Waals surface area contributed by atoms with Gasteiger partial charge in [-0.05, 0) is 29.6 Å². The highest BCUT2D eigenvalue weighted by molar-refractivity contribution is 7.22. The van der Waals surface area contributed by atoms with Gasteiger partial charge in [-0.25, -0.2) is 4.98 Å². The van der Waals surface area contributed by atoms with Crippen LogP contribution in [0.2, 0.25) is 0 Å². The third-order valence-corrected chi connectivity index (χ3v) is 4.70. The van der Waals surface area contributed by atoms with Crippen LogP contribution in [-0.4, -0.2) is 22.8 Å². The molecule has 0 spiro atoms. The van der Waals surface area contributed by atoms with Gasteiger partial charge in [-0.3, -0.25) is 4.79 Å². The molecule has 2 heterocycles. The van der Waals surface area contributed by atoms with E-state index in [-0.39, 0.29) is 5.91 Å². The summed E-state index contributed by atoms with van der Waals surface area (Å²) in [5.41, 5.74) is 7.10. The molecule has 102 valence electrons. The molecule has 4 nitrogen and oxygen atoms in total. The molecule has 0 saturated carbocycles. The lowest BCUT2D eigenvalue weighted by Gasteiger charge is -2.16. The highest BCUT2D eigenvalue weighted by atomic mass is 32.1. The fourth-order valence-corrected chi connectivity index (χ4v) is 3.48. The minimum absolute atomic E-state index is 0.00753. The number of carbonyl (C=O) groups excluding carboxylic acids is 1. The molecule has 0 aliphatic rings. The molecule has 3 rings (SSSR count). The van der Waals surface area contributed by atoms with Crippen LogP contribution in [0.4, 0.5) is 5.13 Å². The lowest BCUT2D eigenvalue weighted by atomic mass is 10.2. The molecule has 3 aromatic rings. The predicted molar refractivity (Wildman–Crippen MR) is 84.1 cm³/mol. The number of benzene rings is 1. The van der Waals surface area contributed by atoms with Gasteiger partial charge in [0.1, 0.15) is 0 Å². The summed E-state index contributed by atoms with van der Waals surface area (Å²) < 4.78 is 1.000. The van der Waals surface area contributed by atoms with Crippen LogP contribution in [-0.2, 0) is 6.54 Å². The van der Waals surface area contributed by atoms with Crippen LogP contribution in [0, 0.1) is 0 Å². The van der Waals surface area contributed by atoms with Crippen molar-refractivity contribution in [2.45, 2.75) is 6.54 Å². The number of thiophene rings is 1. The zero-order chi connectivity index (χ0) is 14.1. The van der Waals surface area contributed by atoms with Gasteiger partial charge in [0, 0.05) is 17.5 Å². The monoisotopic (exact) mass is 303 g/mol. The minimum Gasteiger partial charge on any atom is -0.375 e. The number of nitrogens with zero attached hydrogens (tertiary/aromatic N) is 2. The Morgan fingerprint density at radius 1 is 1.40 bits per heavy atom. The molecule has 2 aromatic heterocycles. The summed E-state index contributed by atoms with van der Waals surface area (Å²) in [4.78, 5) is 19.5. The summed E-state index contributed by atoms with van der Waals surface area (Å²) in [5, 5.41) is 2.54. The van der Waals surface area contributed by atoms with Crippen molar-refractivity contribution in [3.8, 4) is 0 Å². The molecule has 0 saturated heterocycles. The second kappa shape index (κ2) is 5.22. The van der Waals surface area contributed by atoms with Gasteiger partial charge in [-0.2, -0.15) is 0 Å². The van der Waals surface area contributed by atoms with E-state index >= 15 is 0 Å². The average molecular weight is 303 g/mol. The molecule has 1 amide bonds. The molecule has 0 aliphatic carbocycles. The number of fused-ring (bicyclic) bond motifs is 1. The number of nitrogen functional groups attached to an aromatic ring is 1. The lowest BCUT2D eigenvalue weighted by Crippen LogP contribution is -2.25. The minimum atomic E-state index is -0.00753. The van der Waals surface area contributed by atoms with E-state index in [4.69, 9.17) is 5.73 Å². The zero-order valence-corrected chi connectivity index (χ0v) is 12.5. The van der Waals surface area contributed by atoms with E-state index in [2.05, 4.69) is 4.98 Å². The van der Waals surface area contributed by atoms with E-state index in [1.54, 1.807) is 22.3 Å². The smallest absolute Gasteiger partial charge is 0.254 e. The van der Waals surface area contributed by atoms with Crippen LogP contribution in [0.3, 0.4) is 0 Å². The number of carbonyl (C=O) groups is 1. The number of amides is 1. The van der Waals surface area contributed by atoms with Crippen LogP contribution in [0.5, 0.6) is 0 Å². The van der Waals surface area contributed by atoms with E-state index < -0.39 is 0 Å². The predicted octanol–water partition coefficient (Wildman–Crippen LogP) is 3.21. The Bertz CT molecular complexity index is 749. The van der Waals surface area contributed by atoms with Gasteiger partial charge < -0.3 is 10.6 Å². The molecular weight excluding hydrogens is 290 g/mol. The first kappa shape index (κ1) is 13.1. The second-order valence-corrected chi connectivity index (χ2v) is 6.57. The summed E-state index contributed by atoms with van der Waals surface area (Å²) in [6.45, 7) is 0.619. The fourth-order valence-electron chi connectivity index (χ4n) is 2.01. The number of anilines is 1. The summed E-state index contributed by atoms with van der Waals surface area (Å²) >= 11 is 3.08. The maximum absolute atomic E-state index is 12.4. The molecule has 0 atom stereocenters. The quantitative estimate of drug-likeness (QED) is 0.808. The Morgan fingerprint density at radius 3 is 3.00 bits per heavy atom. The maximum atomic E-state index is 12.4. The van der Waals surface area contributed by atoms with Crippen LogP contribution < -0.4 is 5.73 Å². The van der Waals surface area contributed by atoms with Gasteiger partial charge >= 0.3 is 0 Å². The molecule has 6 heteroatoms. The lowest BCUT2D eigenvalue weighted by molar-refractivity contribution is 0.0786. The number of thiazole rings is 1. The third kappa shape index (κ3) is 2.52. The fraction of sp³-hybridized carbons (Fsp3) is 0.143. The normalized spacial score (nSPS) is 10.8. The Kier molecular flexibility index (Phi) is 3.42. The van der Waals surface area contributed by atoms with Gasteiger partial charge in [0.25, 0.3) is 5.91 Å². The van der Waals surface area contributed by atoms with Crippen LogP contribution in [0.25, 0.3) is 10.2 Å². The van der Waals surface area contributed by atoms with Crippen molar-refractivity contribution in [2.24, 2.45) is 0 Å². The number of hydrogen-bond acceptors (Lipinski definition) is 5. The molecule has 2 N–H and O–H groups in total. The van der Waals surface area contributed by atoms with Crippen molar-refractivity contribution in [1.82, 2.24) is 9.88 Å². The van der Waals surface area contributed by atoms with E-state index in [0.717, 1.165) is 10.2 Å². The van der Waals surface area contributed by atoms with Gasteiger partial charge in [-0.1, -0.05) is 17.4 Å². The number of aromatic nitrogens is 1. The summed E-state index contributed by atoms with van der Waals surface area (Å²) in [7, 11) is 1.81. The van der Waals surface area contributed by atoms with Gasteiger partial charge in [0.05, 0.1) is 16.8 Å². The Morgan fingerprint density at radius 2 is 2.25 bits per heavy atom. The Labute approximate surface area is 124 Å². The second-order valence-electron chi connectivity index (χ2n) is 4.48. The molecule has 1 aromatic carbocycles. The van der Waals surface area contributed by atoms with Crippen LogP contribution in [0.1, 0.15) is 15.2 Å². The number of rotatable bonds is 3. The SMILES string of the molecule is CN(Cc1cccs1)C(=O)c1ccc2sc(N)nc2c1. The molecule has 0 bridgehead atoms. The molecule has 0 unspecified atom stereocenters.